The number of fused-ring (bicyclic) bond motifs is 2. The van der Waals surface area contributed by atoms with Crippen LogP contribution in [0.3, 0.4) is 0 Å². The lowest BCUT2D eigenvalue weighted by Crippen LogP contribution is -2.56. The summed E-state index contributed by atoms with van der Waals surface area (Å²) in [6.45, 7) is 17.6. The summed E-state index contributed by atoms with van der Waals surface area (Å²) in [7, 11) is 0. The van der Waals surface area contributed by atoms with Gasteiger partial charge in [0.25, 0.3) is 0 Å². The molecule has 2 rings (SSSR count). The normalized spacial score (nSPS) is 62.1. The molecule has 0 aromatic carbocycles. The van der Waals surface area contributed by atoms with Crippen molar-refractivity contribution in [1.29, 1.82) is 0 Å². The first-order valence-corrected chi connectivity index (χ1v) is 7.22. The standard InChI is InChI=1S/C16H30/c1-10-8-15(6)9-16(7,12(10)3)14(5)11(2)13(15)4/h10-14H,8-9H2,1-7H3. The molecule has 0 N–H and O–H groups in total. The molecule has 0 amide bonds. The Kier molecular flexibility index (Phi) is 2.72. The van der Waals surface area contributed by atoms with E-state index in [-0.39, 0.29) is 0 Å². The summed E-state index contributed by atoms with van der Waals surface area (Å²) < 4.78 is 0. The molecular formula is C16H30. The zero-order chi connectivity index (χ0) is 12.3. The van der Waals surface area contributed by atoms with E-state index in [9.17, 15) is 0 Å². The van der Waals surface area contributed by atoms with E-state index in [4.69, 9.17) is 0 Å². The molecule has 0 aromatic rings. The Morgan fingerprint density at radius 2 is 1.38 bits per heavy atom. The fourth-order valence-corrected chi connectivity index (χ4v) is 5.26. The molecule has 2 fully saturated rings. The van der Waals surface area contributed by atoms with Crippen LogP contribution in [0.1, 0.15) is 61.3 Å². The highest BCUT2D eigenvalue weighted by Gasteiger charge is 2.57. The van der Waals surface area contributed by atoms with Gasteiger partial charge in [0.15, 0.2) is 0 Å². The van der Waals surface area contributed by atoms with Crippen LogP contribution >= 0.6 is 0 Å². The first-order chi connectivity index (χ1) is 7.22. The van der Waals surface area contributed by atoms with Gasteiger partial charge in [-0.05, 0) is 53.3 Å². The molecule has 2 aliphatic carbocycles. The zero-order valence-corrected chi connectivity index (χ0v) is 12.3. The topological polar surface area (TPSA) is 0 Å². The van der Waals surface area contributed by atoms with Crippen molar-refractivity contribution in [2.24, 2.45) is 40.4 Å². The molecule has 2 bridgehead atoms. The third kappa shape index (κ3) is 1.41. The Morgan fingerprint density at radius 1 is 0.812 bits per heavy atom. The fourth-order valence-electron chi connectivity index (χ4n) is 5.26. The van der Waals surface area contributed by atoms with Crippen molar-refractivity contribution >= 4 is 0 Å². The summed E-state index contributed by atoms with van der Waals surface area (Å²) in [5, 5.41) is 0. The smallest absolute Gasteiger partial charge is 0.0264 e. The van der Waals surface area contributed by atoms with E-state index >= 15 is 0 Å². The maximum atomic E-state index is 2.57. The molecule has 0 nitrogen and oxygen atoms in total. The Bertz CT molecular complexity index is 282. The van der Waals surface area contributed by atoms with Crippen molar-refractivity contribution in [2.45, 2.75) is 61.3 Å². The van der Waals surface area contributed by atoms with Gasteiger partial charge < -0.3 is 0 Å². The molecular weight excluding hydrogens is 192 g/mol. The molecule has 7 unspecified atom stereocenters. The molecule has 0 heterocycles. The average Bonchev–Trinajstić information content (AvgIpc) is 2.21. The molecule has 0 aromatic heterocycles. The van der Waals surface area contributed by atoms with E-state index in [1.165, 1.54) is 12.8 Å². The van der Waals surface area contributed by atoms with Crippen LogP contribution in [0.25, 0.3) is 0 Å². The van der Waals surface area contributed by atoms with E-state index in [0.29, 0.717) is 10.8 Å². The Labute approximate surface area is 102 Å². The molecule has 0 spiro atoms. The summed E-state index contributed by atoms with van der Waals surface area (Å²) in [4.78, 5) is 0. The van der Waals surface area contributed by atoms with Crippen molar-refractivity contribution < 1.29 is 0 Å². The highest BCUT2D eigenvalue weighted by atomic mass is 14.6. The van der Waals surface area contributed by atoms with Crippen LogP contribution in [0.4, 0.5) is 0 Å². The molecule has 94 valence electrons. The van der Waals surface area contributed by atoms with Crippen LogP contribution < -0.4 is 0 Å². The third-order valence-electron chi connectivity index (χ3n) is 7.18. The van der Waals surface area contributed by atoms with Crippen LogP contribution in [0, 0.1) is 40.4 Å². The lowest BCUT2D eigenvalue weighted by molar-refractivity contribution is -0.144. The second-order valence-electron chi connectivity index (χ2n) is 7.74. The first kappa shape index (κ1) is 12.5. The average molecular weight is 222 g/mol. The summed E-state index contributed by atoms with van der Waals surface area (Å²) in [5.41, 5.74) is 1.19. The van der Waals surface area contributed by atoms with Crippen molar-refractivity contribution in [2.75, 3.05) is 0 Å². The van der Waals surface area contributed by atoms with Crippen LogP contribution in [-0.2, 0) is 0 Å². The van der Waals surface area contributed by atoms with Crippen molar-refractivity contribution in [1.82, 2.24) is 0 Å². The van der Waals surface area contributed by atoms with Gasteiger partial charge in [0.2, 0.25) is 0 Å². The first-order valence-electron chi connectivity index (χ1n) is 7.22. The predicted octanol–water partition coefficient (Wildman–Crippen LogP) is 4.99. The van der Waals surface area contributed by atoms with Crippen LogP contribution in [0.2, 0.25) is 0 Å². The lowest BCUT2D eigenvalue weighted by Gasteiger charge is -2.63. The van der Waals surface area contributed by atoms with E-state index in [2.05, 4.69) is 48.5 Å². The second-order valence-corrected chi connectivity index (χ2v) is 7.74. The van der Waals surface area contributed by atoms with Crippen molar-refractivity contribution in [3.63, 3.8) is 0 Å². The molecule has 0 radical (unpaired) electrons. The van der Waals surface area contributed by atoms with Crippen molar-refractivity contribution in [3.05, 3.63) is 0 Å². The third-order valence-corrected chi connectivity index (χ3v) is 7.18. The zero-order valence-electron chi connectivity index (χ0n) is 12.3. The monoisotopic (exact) mass is 222 g/mol. The molecule has 0 aliphatic heterocycles. The molecule has 0 saturated heterocycles. The van der Waals surface area contributed by atoms with Gasteiger partial charge in [-0.3, -0.25) is 0 Å². The molecule has 7 atom stereocenters. The Morgan fingerprint density at radius 3 is 1.94 bits per heavy atom. The minimum atomic E-state index is 0.582. The summed E-state index contributed by atoms with van der Waals surface area (Å²) in [6.07, 6.45) is 2.90. The summed E-state index contributed by atoms with van der Waals surface area (Å²) in [6, 6.07) is 0. The molecule has 16 heavy (non-hydrogen) atoms. The quantitative estimate of drug-likeness (QED) is 0.542. The van der Waals surface area contributed by atoms with E-state index < -0.39 is 0 Å². The van der Waals surface area contributed by atoms with Crippen molar-refractivity contribution in [3.8, 4) is 0 Å². The molecule has 0 heteroatoms. The molecule has 2 aliphatic rings. The van der Waals surface area contributed by atoms with Gasteiger partial charge in [-0.15, -0.1) is 0 Å². The van der Waals surface area contributed by atoms with Gasteiger partial charge in [-0.1, -0.05) is 48.5 Å². The highest BCUT2D eigenvalue weighted by Crippen LogP contribution is 2.65. The minimum Gasteiger partial charge on any atom is -0.0622 e. The van der Waals surface area contributed by atoms with Gasteiger partial charge in [-0.25, -0.2) is 0 Å². The van der Waals surface area contributed by atoms with E-state index in [1.807, 2.05) is 0 Å². The van der Waals surface area contributed by atoms with E-state index in [1.54, 1.807) is 0 Å². The van der Waals surface area contributed by atoms with E-state index in [0.717, 1.165) is 29.6 Å². The number of hydrogen-bond acceptors (Lipinski definition) is 0. The van der Waals surface area contributed by atoms with Gasteiger partial charge in [0.05, 0.1) is 0 Å². The maximum absolute atomic E-state index is 2.57. The predicted molar refractivity (Wildman–Crippen MR) is 71.3 cm³/mol. The number of rotatable bonds is 0. The SMILES string of the molecule is CC1CC2(C)CC(C)(C1C)C(C)C(C)C2C. The minimum absolute atomic E-state index is 0.582. The van der Waals surface area contributed by atoms with Crippen LogP contribution in [0.5, 0.6) is 0 Å². The van der Waals surface area contributed by atoms with Crippen LogP contribution in [0.15, 0.2) is 0 Å². The summed E-state index contributed by atoms with van der Waals surface area (Å²) in [5.74, 6) is 4.46. The summed E-state index contributed by atoms with van der Waals surface area (Å²) >= 11 is 0. The van der Waals surface area contributed by atoms with Gasteiger partial charge in [0, 0.05) is 0 Å². The van der Waals surface area contributed by atoms with Gasteiger partial charge in [-0.2, -0.15) is 0 Å². The second kappa shape index (κ2) is 3.50. The Hall–Kier alpha value is 0. The maximum Gasteiger partial charge on any atom is -0.0264 e. The largest absolute Gasteiger partial charge is 0.0622 e. The number of hydrogen-bond donors (Lipinski definition) is 0. The van der Waals surface area contributed by atoms with Gasteiger partial charge in [0.1, 0.15) is 0 Å². The van der Waals surface area contributed by atoms with Gasteiger partial charge >= 0.3 is 0 Å². The van der Waals surface area contributed by atoms with Crippen LogP contribution in [-0.4, -0.2) is 0 Å². The molecule has 2 saturated carbocycles. The lowest BCUT2D eigenvalue weighted by atomic mass is 9.42. The highest BCUT2D eigenvalue weighted by molar-refractivity contribution is 5.06. The fraction of sp³-hybridized carbons (Fsp3) is 1.00. The Balaban J connectivity index is 2.42.